The molecular formula is C17H26N2O3S. The SMILES string of the molecule is CC[C@@H]1CN(Cc2ccccc2)CCN1C(=O)[C@H](C)S(C)(=O)=O. The molecule has 1 fully saturated rings. The van der Waals surface area contributed by atoms with E-state index < -0.39 is 15.1 Å². The molecule has 6 heteroatoms. The highest BCUT2D eigenvalue weighted by molar-refractivity contribution is 7.92. The van der Waals surface area contributed by atoms with E-state index in [0.717, 1.165) is 32.3 Å². The summed E-state index contributed by atoms with van der Waals surface area (Å²) in [4.78, 5) is 16.6. The van der Waals surface area contributed by atoms with Crippen LogP contribution in [-0.2, 0) is 21.2 Å². The van der Waals surface area contributed by atoms with E-state index in [9.17, 15) is 13.2 Å². The highest BCUT2D eigenvalue weighted by atomic mass is 32.2. The Morgan fingerprint density at radius 2 is 1.91 bits per heavy atom. The smallest absolute Gasteiger partial charge is 0.240 e. The monoisotopic (exact) mass is 338 g/mol. The molecule has 0 N–H and O–H groups in total. The zero-order chi connectivity index (χ0) is 17.0. The highest BCUT2D eigenvalue weighted by Gasteiger charge is 2.35. The largest absolute Gasteiger partial charge is 0.336 e. The average Bonchev–Trinajstić information content (AvgIpc) is 2.53. The van der Waals surface area contributed by atoms with Crippen molar-refractivity contribution in [1.82, 2.24) is 9.80 Å². The molecule has 1 aromatic rings. The maximum Gasteiger partial charge on any atom is 0.240 e. The molecule has 0 saturated carbocycles. The summed E-state index contributed by atoms with van der Waals surface area (Å²) in [5, 5.41) is -0.961. The van der Waals surface area contributed by atoms with E-state index in [-0.39, 0.29) is 11.9 Å². The Bertz CT molecular complexity index is 630. The number of carbonyl (C=O) groups excluding carboxylic acids is 1. The third-order valence-corrected chi connectivity index (χ3v) is 6.05. The lowest BCUT2D eigenvalue weighted by atomic mass is 10.1. The Morgan fingerprint density at radius 1 is 1.26 bits per heavy atom. The van der Waals surface area contributed by atoms with E-state index in [1.807, 2.05) is 25.1 Å². The van der Waals surface area contributed by atoms with Gasteiger partial charge in [0.15, 0.2) is 9.84 Å². The number of carbonyl (C=O) groups is 1. The predicted octanol–water partition coefficient (Wildman–Crippen LogP) is 1.54. The Kier molecular flexibility index (Phi) is 5.81. The lowest BCUT2D eigenvalue weighted by Gasteiger charge is -2.42. The van der Waals surface area contributed by atoms with Gasteiger partial charge in [0.25, 0.3) is 0 Å². The lowest BCUT2D eigenvalue weighted by molar-refractivity contribution is -0.135. The summed E-state index contributed by atoms with van der Waals surface area (Å²) < 4.78 is 23.3. The summed E-state index contributed by atoms with van der Waals surface area (Å²) in [5.41, 5.74) is 1.26. The third-order valence-electron chi connectivity index (χ3n) is 4.56. The van der Waals surface area contributed by atoms with Gasteiger partial charge in [0.2, 0.25) is 5.91 Å². The van der Waals surface area contributed by atoms with Gasteiger partial charge in [-0.3, -0.25) is 9.69 Å². The van der Waals surface area contributed by atoms with Crippen molar-refractivity contribution in [3.8, 4) is 0 Å². The second-order valence-electron chi connectivity index (χ2n) is 6.29. The summed E-state index contributed by atoms with van der Waals surface area (Å²) in [6.07, 6.45) is 1.95. The third kappa shape index (κ3) is 4.54. The quantitative estimate of drug-likeness (QED) is 0.817. The van der Waals surface area contributed by atoms with Crippen molar-refractivity contribution >= 4 is 15.7 Å². The number of nitrogens with zero attached hydrogens (tertiary/aromatic N) is 2. The van der Waals surface area contributed by atoms with Crippen molar-refractivity contribution in [2.24, 2.45) is 0 Å². The second-order valence-corrected chi connectivity index (χ2v) is 8.65. The van der Waals surface area contributed by atoms with Crippen LogP contribution in [0, 0.1) is 0 Å². The molecule has 23 heavy (non-hydrogen) atoms. The molecule has 1 amide bonds. The van der Waals surface area contributed by atoms with Gasteiger partial charge in [-0.25, -0.2) is 8.42 Å². The lowest BCUT2D eigenvalue weighted by Crippen LogP contribution is -2.57. The summed E-state index contributed by atoms with van der Waals surface area (Å²) in [7, 11) is -3.35. The number of benzene rings is 1. The fraction of sp³-hybridized carbons (Fsp3) is 0.588. The molecule has 1 saturated heterocycles. The molecule has 128 valence electrons. The van der Waals surface area contributed by atoms with Crippen LogP contribution in [0.2, 0.25) is 0 Å². The first-order chi connectivity index (χ1) is 10.8. The minimum Gasteiger partial charge on any atom is -0.336 e. The molecule has 0 bridgehead atoms. The topological polar surface area (TPSA) is 57.7 Å². The summed E-state index contributed by atoms with van der Waals surface area (Å²) >= 11 is 0. The van der Waals surface area contributed by atoms with E-state index in [1.54, 1.807) is 4.90 Å². The Labute approximate surface area is 139 Å². The van der Waals surface area contributed by atoms with Crippen LogP contribution in [0.25, 0.3) is 0 Å². The maximum atomic E-state index is 12.5. The van der Waals surface area contributed by atoms with Crippen LogP contribution < -0.4 is 0 Å². The maximum absolute atomic E-state index is 12.5. The summed E-state index contributed by atoms with van der Waals surface area (Å²) in [6, 6.07) is 10.3. The fourth-order valence-corrected chi connectivity index (χ4v) is 3.46. The number of amides is 1. The molecule has 0 unspecified atom stereocenters. The van der Waals surface area contributed by atoms with Crippen LogP contribution in [0.5, 0.6) is 0 Å². The first-order valence-corrected chi connectivity index (χ1v) is 10.0. The standard InChI is InChI=1S/C17H26N2O3S/c1-4-16-13-18(12-15-8-6-5-7-9-15)10-11-19(16)17(20)14(2)23(3,21)22/h5-9,14,16H,4,10-13H2,1-3H3/t14-,16+/m0/s1. The zero-order valence-electron chi connectivity index (χ0n) is 14.1. The molecule has 2 rings (SSSR count). The molecule has 0 radical (unpaired) electrons. The highest BCUT2D eigenvalue weighted by Crippen LogP contribution is 2.18. The van der Waals surface area contributed by atoms with Crippen LogP contribution in [0.15, 0.2) is 30.3 Å². The van der Waals surface area contributed by atoms with Crippen molar-refractivity contribution in [2.75, 3.05) is 25.9 Å². The summed E-state index contributed by atoms with van der Waals surface area (Å²) in [6.45, 7) is 6.54. The molecular weight excluding hydrogens is 312 g/mol. The van der Waals surface area contributed by atoms with E-state index >= 15 is 0 Å². The molecule has 0 aromatic heterocycles. The normalized spacial score (nSPS) is 21.2. The van der Waals surface area contributed by atoms with Crippen LogP contribution in [0.1, 0.15) is 25.8 Å². The molecule has 0 aliphatic carbocycles. The second kappa shape index (κ2) is 7.45. The van der Waals surface area contributed by atoms with Gasteiger partial charge in [-0.05, 0) is 18.9 Å². The van der Waals surface area contributed by atoms with Crippen LogP contribution in [-0.4, -0.2) is 61.3 Å². The average molecular weight is 338 g/mol. The fourth-order valence-electron chi connectivity index (χ4n) is 2.96. The molecule has 1 aliphatic rings. The zero-order valence-corrected chi connectivity index (χ0v) is 14.9. The van der Waals surface area contributed by atoms with Crippen LogP contribution in [0.4, 0.5) is 0 Å². The van der Waals surface area contributed by atoms with Gasteiger partial charge < -0.3 is 4.90 Å². The van der Waals surface area contributed by atoms with Gasteiger partial charge in [0, 0.05) is 38.5 Å². The molecule has 0 spiro atoms. The molecule has 1 heterocycles. The van der Waals surface area contributed by atoms with E-state index in [2.05, 4.69) is 17.0 Å². The first kappa shape index (κ1) is 17.9. The van der Waals surface area contributed by atoms with Gasteiger partial charge >= 0.3 is 0 Å². The number of rotatable bonds is 5. The van der Waals surface area contributed by atoms with Crippen molar-refractivity contribution in [3.05, 3.63) is 35.9 Å². The summed E-state index contributed by atoms with van der Waals surface area (Å²) in [5.74, 6) is -0.265. The minimum atomic E-state index is -3.35. The van der Waals surface area contributed by atoms with Crippen molar-refractivity contribution in [3.63, 3.8) is 0 Å². The van der Waals surface area contributed by atoms with Gasteiger partial charge in [0.05, 0.1) is 0 Å². The Morgan fingerprint density at radius 3 is 2.48 bits per heavy atom. The van der Waals surface area contributed by atoms with Crippen LogP contribution in [0.3, 0.4) is 0 Å². The van der Waals surface area contributed by atoms with Crippen molar-refractivity contribution in [2.45, 2.75) is 38.1 Å². The van der Waals surface area contributed by atoms with Gasteiger partial charge in [-0.15, -0.1) is 0 Å². The van der Waals surface area contributed by atoms with E-state index in [0.29, 0.717) is 6.54 Å². The predicted molar refractivity (Wildman–Crippen MR) is 91.8 cm³/mol. The Hall–Kier alpha value is -1.40. The van der Waals surface area contributed by atoms with Gasteiger partial charge in [-0.2, -0.15) is 0 Å². The van der Waals surface area contributed by atoms with Gasteiger partial charge in [0.1, 0.15) is 5.25 Å². The van der Waals surface area contributed by atoms with E-state index in [4.69, 9.17) is 0 Å². The number of sulfone groups is 1. The molecule has 2 atom stereocenters. The minimum absolute atomic E-state index is 0.0733. The first-order valence-electron chi connectivity index (χ1n) is 8.08. The van der Waals surface area contributed by atoms with Crippen molar-refractivity contribution < 1.29 is 13.2 Å². The Balaban J connectivity index is 2.03. The van der Waals surface area contributed by atoms with E-state index in [1.165, 1.54) is 12.5 Å². The number of hydrogen-bond acceptors (Lipinski definition) is 4. The number of hydrogen-bond donors (Lipinski definition) is 0. The molecule has 1 aliphatic heterocycles. The van der Waals surface area contributed by atoms with Crippen molar-refractivity contribution in [1.29, 1.82) is 0 Å². The van der Waals surface area contributed by atoms with Crippen LogP contribution >= 0.6 is 0 Å². The van der Waals surface area contributed by atoms with Gasteiger partial charge in [-0.1, -0.05) is 37.3 Å². The number of piperazine rings is 1. The molecule has 5 nitrogen and oxygen atoms in total. The molecule has 1 aromatic carbocycles.